The van der Waals surface area contributed by atoms with Gasteiger partial charge in [-0.05, 0) is 12.3 Å². The standard InChI is InChI=1S/C10H10F4O3/c11-9(10(12,13)14)6-2-1-5(3-6)8(9,4-15)7(16)17/h1-2,5-6,15H,3-4H2,(H,16,17)/p-1. The highest BCUT2D eigenvalue weighted by Gasteiger charge is 2.78. The maximum atomic E-state index is 14.3. The van der Waals surface area contributed by atoms with E-state index in [1.165, 1.54) is 6.08 Å². The van der Waals surface area contributed by atoms with E-state index in [1.807, 2.05) is 0 Å². The second kappa shape index (κ2) is 3.22. The molecule has 2 aliphatic rings. The molecule has 0 amide bonds. The minimum Gasteiger partial charge on any atom is -0.549 e. The molecular weight excluding hydrogens is 244 g/mol. The number of halogens is 4. The molecule has 0 spiro atoms. The summed E-state index contributed by atoms with van der Waals surface area (Å²) in [6.45, 7) is -1.43. The molecule has 0 aromatic rings. The number of carboxylic acid groups (broad SMARTS) is 1. The number of allylic oxidation sites excluding steroid dienone is 2. The van der Waals surface area contributed by atoms with Crippen molar-refractivity contribution in [2.45, 2.75) is 18.3 Å². The molecular formula is C10H9F4O3-. The fraction of sp³-hybridized carbons (Fsp3) is 0.700. The number of carboxylic acids is 1. The van der Waals surface area contributed by atoms with E-state index < -0.39 is 41.7 Å². The van der Waals surface area contributed by atoms with Crippen LogP contribution in [0.1, 0.15) is 6.42 Å². The Morgan fingerprint density at radius 3 is 2.29 bits per heavy atom. The van der Waals surface area contributed by atoms with Crippen molar-refractivity contribution in [1.29, 1.82) is 0 Å². The third-order valence-electron chi connectivity index (χ3n) is 3.90. The first-order valence-electron chi connectivity index (χ1n) is 4.98. The fourth-order valence-electron chi connectivity index (χ4n) is 3.02. The van der Waals surface area contributed by atoms with Crippen LogP contribution in [0.25, 0.3) is 0 Å². The van der Waals surface area contributed by atoms with E-state index in [0.717, 1.165) is 6.08 Å². The van der Waals surface area contributed by atoms with Crippen LogP contribution in [0, 0.1) is 17.3 Å². The average Bonchev–Trinajstić information content (AvgIpc) is 2.74. The van der Waals surface area contributed by atoms with E-state index in [0.29, 0.717) is 0 Å². The van der Waals surface area contributed by atoms with Crippen molar-refractivity contribution in [3.63, 3.8) is 0 Å². The molecule has 4 atom stereocenters. The Morgan fingerprint density at radius 1 is 1.41 bits per heavy atom. The van der Waals surface area contributed by atoms with Crippen molar-refractivity contribution in [2.75, 3.05) is 6.61 Å². The molecule has 0 aliphatic heterocycles. The number of alkyl halides is 4. The minimum absolute atomic E-state index is 0.273. The predicted octanol–water partition coefficient (Wildman–Crippen LogP) is 0.191. The summed E-state index contributed by atoms with van der Waals surface area (Å²) < 4.78 is 52.8. The third-order valence-corrected chi connectivity index (χ3v) is 3.90. The smallest absolute Gasteiger partial charge is 0.424 e. The van der Waals surface area contributed by atoms with Crippen molar-refractivity contribution in [1.82, 2.24) is 0 Å². The van der Waals surface area contributed by atoms with Crippen molar-refractivity contribution in [2.24, 2.45) is 17.3 Å². The Morgan fingerprint density at radius 2 is 1.94 bits per heavy atom. The molecule has 0 saturated heterocycles. The van der Waals surface area contributed by atoms with Gasteiger partial charge in [0.05, 0.1) is 18.0 Å². The molecule has 0 aromatic carbocycles. The number of hydrogen-bond donors (Lipinski definition) is 1. The summed E-state index contributed by atoms with van der Waals surface area (Å²) >= 11 is 0. The molecule has 0 radical (unpaired) electrons. The van der Waals surface area contributed by atoms with Gasteiger partial charge in [0.2, 0.25) is 5.67 Å². The van der Waals surface area contributed by atoms with Gasteiger partial charge in [0.15, 0.2) is 0 Å². The number of carbonyl (C=O) groups excluding carboxylic acids is 1. The number of hydrogen-bond acceptors (Lipinski definition) is 3. The zero-order chi connectivity index (χ0) is 13.1. The Hall–Kier alpha value is -1.11. The number of aliphatic hydroxyl groups is 1. The first kappa shape index (κ1) is 12.3. The topological polar surface area (TPSA) is 60.4 Å². The van der Waals surface area contributed by atoms with Gasteiger partial charge in [0.1, 0.15) is 0 Å². The van der Waals surface area contributed by atoms with Crippen molar-refractivity contribution in [3.05, 3.63) is 12.2 Å². The maximum absolute atomic E-state index is 14.3. The third kappa shape index (κ3) is 1.13. The van der Waals surface area contributed by atoms with E-state index in [2.05, 4.69) is 0 Å². The first-order chi connectivity index (χ1) is 7.71. The molecule has 0 heterocycles. The molecule has 2 rings (SSSR count). The molecule has 1 fully saturated rings. The molecule has 3 nitrogen and oxygen atoms in total. The monoisotopic (exact) mass is 253 g/mol. The van der Waals surface area contributed by atoms with E-state index in [4.69, 9.17) is 5.11 Å². The molecule has 4 unspecified atom stereocenters. The van der Waals surface area contributed by atoms with E-state index in [9.17, 15) is 27.5 Å². The van der Waals surface area contributed by atoms with Gasteiger partial charge in [-0.15, -0.1) is 0 Å². The Labute approximate surface area is 93.7 Å². The molecule has 7 heteroatoms. The highest BCUT2D eigenvalue weighted by Crippen LogP contribution is 2.65. The molecule has 2 aliphatic carbocycles. The second-order valence-corrected chi connectivity index (χ2v) is 4.46. The SMILES string of the molecule is O=C([O-])C1(CO)C2C=CC(C2)C1(F)C(F)(F)F. The van der Waals surface area contributed by atoms with Crippen LogP contribution in [-0.2, 0) is 4.79 Å². The zero-order valence-corrected chi connectivity index (χ0v) is 8.50. The fourth-order valence-corrected chi connectivity index (χ4v) is 3.02. The van der Waals surface area contributed by atoms with Gasteiger partial charge in [-0.25, -0.2) is 4.39 Å². The zero-order valence-electron chi connectivity index (χ0n) is 8.50. The maximum Gasteiger partial charge on any atom is 0.424 e. The number of rotatable bonds is 2. The highest BCUT2D eigenvalue weighted by atomic mass is 19.4. The lowest BCUT2D eigenvalue weighted by Gasteiger charge is -2.46. The summed E-state index contributed by atoms with van der Waals surface area (Å²) in [4.78, 5) is 11.0. The Balaban J connectivity index is 2.64. The number of carbonyl (C=O) groups is 1. The van der Waals surface area contributed by atoms with Crippen LogP contribution in [-0.4, -0.2) is 29.5 Å². The molecule has 17 heavy (non-hydrogen) atoms. The summed E-state index contributed by atoms with van der Waals surface area (Å²) in [5, 5.41) is 20.0. The van der Waals surface area contributed by atoms with Crippen LogP contribution in [0.5, 0.6) is 0 Å². The van der Waals surface area contributed by atoms with Crippen LogP contribution in [0.3, 0.4) is 0 Å². The lowest BCUT2D eigenvalue weighted by molar-refractivity contribution is -0.348. The first-order valence-corrected chi connectivity index (χ1v) is 4.98. The normalized spacial score (nSPS) is 44.3. The summed E-state index contributed by atoms with van der Waals surface area (Å²) in [6.07, 6.45) is -3.40. The van der Waals surface area contributed by atoms with Crippen molar-refractivity contribution >= 4 is 5.97 Å². The molecule has 1 saturated carbocycles. The van der Waals surface area contributed by atoms with Gasteiger partial charge >= 0.3 is 6.18 Å². The minimum atomic E-state index is -5.36. The van der Waals surface area contributed by atoms with Gasteiger partial charge in [-0.3, -0.25) is 0 Å². The number of aliphatic hydroxyl groups excluding tert-OH is 1. The predicted molar refractivity (Wildman–Crippen MR) is 45.2 cm³/mol. The second-order valence-electron chi connectivity index (χ2n) is 4.46. The molecule has 1 N–H and O–H groups in total. The summed E-state index contributed by atoms with van der Waals surface area (Å²) in [7, 11) is 0. The van der Waals surface area contributed by atoms with Crippen LogP contribution in [0.15, 0.2) is 12.2 Å². The van der Waals surface area contributed by atoms with Crippen LogP contribution < -0.4 is 5.11 Å². The average molecular weight is 253 g/mol. The number of aliphatic carboxylic acids is 1. The van der Waals surface area contributed by atoms with Gasteiger partial charge in [0.25, 0.3) is 0 Å². The van der Waals surface area contributed by atoms with E-state index in [-0.39, 0.29) is 6.42 Å². The van der Waals surface area contributed by atoms with Crippen molar-refractivity contribution in [3.8, 4) is 0 Å². The lowest BCUT2D eigenvalue weighted by Crippen LogP contribution is -2.66. The molecule has 2 bridgehead atoms. The van der Waals surface area contributed by atoms with Gasteiger partial charge < -0.3 is 15.0 Å². The van der Waals surface area contributed by atoms with Crippen molar-refractivity contribution < 1.29 is 32.6 Å². The lowest BCUT2D eigenvalue weighted by atomic mass is 9.66. The highest BCUT2D eigenvalue weighted by molar-refractivity contribution is 5.77. The van der Waals surface area contributed by atoms with Gasteiger partial charge in [-0.1, -0.05) is 12.2 Å². The van der Waals surface area contributed by atoms with E-state index >= 15 is 0 Å². The molecule has 0 aromatic heterocycles. The molecule has 96 valence electrons. The van der Waals surface area contributed by atoms with Crippen LogP contribution in [0.2, 0.25) is 0 Å². The number of fused-ring (bicyclic) bond motifs is 2. The van der Waals surface area contributed by atoms with Gasteiger partial charge in [-0.2, -0.15) is 13.2 Å². The van der Waals surface area contributed by atoms with Gasteiger partial charge in [0, 0.05) is 5.92 Å². The summed E-state index contributed by atoms with van der Waals surface area (Å²) in [5.74, 6) is -4.96. The van der Waals surface area contributed by atoms with Crippen LogP contribution in [0.4, 0.5) is 17.6 Å². The Bertz CT molecular complexity index is 392. The quantitative estimate of drug-likeness (QED) is 0.564. The van der Waals surface area contributed by atoms with Crippen LogP contribution >= 0.6 is 0 Å². The summed E-state index contributed by atoms with van der Waals surface area (Å²) in [6, 6.07) is 0. The Kier molecular flexibility index (Phi) is 2.34. The largest absolute Gasteiger partial charge is 0.549 e. The summed E-state index contributed by atoms with van der Waals surface area (Å²) in [5.41, 5.74) is -6.89. The van der Waals surface area contributed by atoms with E-state index in [1.54, 1.807) is 0 Å².